The van der Waals surface area contributed by atoms with Crippen molar-refractivity contribution in [3.63, 3.8) is 0 Å². The Morgan fingerprint density at radius 3 is 2.59 bits per heavy atom. The second-order valence-electron chi connectivity index (χ2n) is 7.46. The SMILES string of the molecule is COc1ccc(Cl)cc1/C(O)=C1\C(=O)C(=O)N(C2CCCC2)C1c1sccc1C. The highest BCUT2D eigenvalue weighted by molar-refractivity contribution is 7.10. The number of ketones is 1. The van der Waals surface area contributed by atoms with Gasteiger partial charge in [-0.15, -0.1) is 11.3 Å². The van der Waals surface area contributed by atoms with Crippen LogP contribution in [0.4, 0.5) is 0 Å². The van der Waals surface area contributed by atoms with Crippen LogP contribution in [0.1, 0.15) is 47.7 Å². The maximum Gasteiger partial charge on any atom is 0.295 e. The van der Waals surface area contributed by atoms with E-state index in [0.29, 0.717) is 16.3 Å². The van der Waals surface area contributed by atoms with Gasteiger partial charge in [0.25, 0.3) is 11.7 Å². The average molecular weight is 432 g/mol. The van der Waals surface area contributed by atoms with E-state index in [0.717, 1.165) is 36.1 Å². The quantitative estimate of drug-likeness (QED) is 0.416. The van der Waals surface area contributed by atoms with E-state index in [1.54, 1.807) is 23.1 Å². The number of carbonyl (C=O) groups is 2. The summed E-state index contributed by atoms with van der Waals surface area (Å²) in [6, 6.07) is 6.21. The Kier molecular flexibility index (Phi) is 5.40. The Morgan fingerprint density at radius 2 is 1.97 bits per heavy atom. The van der Waals surface area contributed by atoms with E-state index in [1.165, 1.54) is 18.4 Å². The van der Waals surface area contributed by atoms with Crippen LogP contribution in [0.5, 0.6) is 5.75 Å². The Hall–Kier alpha value is -2.31. The second-order valence-corrected chi connectivity index (χ2v) is 8.84. The number of carbonyl (C=O) groups excluding carboxylic acids is 2. The third kappa shape index (κ3) is 3.34. The van der Waals surface area contributed by atoms with Crippen molar-refractivity contribution < 1.29 is 19.4 Å². The molecule has 29 heavy (non-hydrogen) atoms. The van der Waals surface area contributed by atoms with Gasteiger partial charge in [0.1, 0.15) is 17.6 Å². The first kappa shape index (κ1) is 20.0. The zero-order valence-electron chi connectivity index (χ0n) is 16.3. The van der Waals surface area contributed by atoms with Crippen LogP contribution in [0, 0.1) is 6.92 Å². The van der Waals surface area contributed by atoms with Gasteiger partial charge in [0.05, 0.1) is 18.2 Å². The molecule has 1 saturated carbocycles. The molecule has 0 radical (unpaired) electrons. The summed E-state index contributed by atoms with van der Waals surface area (Å²) in [5, 5.41) is 13.6. The largest absolute Gasteiger partial charge is 0.507 e. The van der Waals surface area contributed by atoms with E-state index in [1.807, 2.05) is 18.4 Å². The molecule has 4 rings (SSSR count). The number of nitrogens with zero attached hydrogens (tertiary/aromatic N) is 1. The third-order valence-electron chi connectivity index (χ3n) is 5.76. The lowest BCUT2D eigenvalue weighted by atomic mass is 9.97. The number of benzene rings is 1. The van der Waals surface area contributed by atoms with E-state index in [2.05, 4.69) is 0 Å². The fourth-order valence-electron chi connectivity index (χ4n) is 4.34. The molecule has 1 aromatic heterocycles. The van der Waals surface area contributed by atoms with Crippen LogP contribution < -0.4 is 4.74 Å². The number of aryl methyl sites for hydroxylation is 1. The predicted molar refractivity (Wildman–Crippen MR) is 113 cm³/mol. The monoisotopic (exact) mass is 431 g/mol. The lowest BCUT2D eigenvalue weighted by Gasteiger charge is -2.30. The standard InChI is InChI=1S/C22H22ClNO4S/c1-12-9-10-29-21(12)18-17(19(25)15-11-13(23)7-8-16(15)28-2)20(26)22(27)24(18)14-5-3-4-6-14/h7-11,14,18,25H,3-6H2,1-2H3/b19-17+. The maximum atomic E-state index is 13.1. The van der Waals surface area contributed by atoms with Crippen molar-refractivity contribution in [1.29, 1.82) is 0 Å². The van der Waals surface area contributed by atoms with Gasteiger partial charge in [-0.25, -0.2) is 0 Å². The average Bonchev–Trinajstić information content (AvgIpc) is 3.42. The molecule has 2 aromatic rings. The van der Waals surface area contributed by atoms with Crippen LogP contribution in [0.25, 0.3) is 5.76 Å². The van der Waals surface area contributed by atoms with Crippen LogP contribution >= 0.6 is 22.9 Å². The summed E-state index contributed by atoms with van der Waals surface area (Å²) in [5.41, 5.74) is 1.41. The number of amides is 1. The Balaban J connectivity index is 1.94. The van der Waals surface area contributed by atoms with Gasteiger partial charge in [0.15, 0.2) is 0 Å². The van der Waals surface area contributed by atoms with Crippen molar-refractivity contribution in [3.05, 3.63) is 56.2 Å². The van der Waals surface area contributed by atoms with Gasteiger partial charge in [-0.3, -0.25) is 9.59 Å². The highest BCUT2D eigenvalue weighted by atomic mass is 35.5. The summed E-state index contributed by atoms with van der Waals surface area (Å²) in [4.78, 5) is 28.8. The van der Waals surface area contributed by atoms with E-state index < -0.39 is 17.7 Å². The van der Waals surface area contributed by atoms with Crippen LogP contribution in [-0.2, 0) is 9.59 Å². The molecule has 1 saturated heterocycles. The maximum absolute atomic E-state index is 13.1. The summed E-state index contributed by atoms with van der Waals surface area (Å²) < 4.78 is 5.36. The van der Waals surface area contributed by atoms with Crippen molar-refractivity contribution in [2.75, 3.05) is 7.11 Å². The summed E-state index contributed by atoms with van der Waals surface area (Å²) >= 11 is 7.63. The molecular formula is C22H22ClNO4S. The molecule has 1 unspecified atom stereocenters. The normalized spacial score (nSPS) is 21.9. The first-order valence-electron chi connectivity index (χ1n) is 9.62. The fraction of sp³-hybridized carbons (Fsp3) is 0.364. The van der Waals surface area contributed by atoms with E-state index in [-0.39, 0.29) is 17.4 Å². The first-order chi connectivity index (χ1) is 13.9. The van der Waals surface area contributed by atoms with Crippen molar-refractivity contribution in [1.82, 2.24) is 4.90 Å². The van der Waals surface area contributed by atoms with Gasteiger partial charge in [0, 0.05) is 15.9 Å². The molecule has 1 aliphatic carbocycles. The number of hydrogen-bond acceptors (Lipinski definition) is 5. The minimum absolute atomic E-state index is 0.00417. The second kappa shape index (κ2) is 7.84. The predicted octanol–water partition coefficient (Wildman–Crippen LogP) is 5.08. The van der Waals surface area contributed by atoms with Gasteiger partial charge in [-0.05, 0) is 55.0 Å². The van der Waals surface area contributed by atoms with Gasteiger partial charge in [-0.2, -0.15) is 0 Å². The minimum atomic E-state index is -0.658. The topological polar surface area (TPSA) is 66.8 Å². The van der Waals surface area contributed by atoms with E-state index in [4.69, 9.17) is 16.3 Å². The molecule has 2 fully saturated rings. The fourth-order valence-corrected chi connectivity index (χ4v) is 5.55. The van der Waals surface area contributed by atoms with E-state index in [9.17, 15) is 14.7 Å². The molecule has 1 aliphatic heterocycles. The lowest BCUT2D eigenvalue weighted by Crippen LogP contribution is -2.37. The summed E-state index contributed by atoms with van der Waals surface area (Å²) in [6.07, 6.45) is 3.81. The molecular weight excluding hydrogens is 410 g/mol. The Labute approximate surface area is 178 Å². The van der Waals surface area contributed by atoms with Crippen molar-refractivity contribution in [2.24, 2.45) is 0 Å². The highest BCUT2D eigenvalue weighted by Crippen LogP contribution is 2.46. The number of thiophene rings is 1. The molecule has 0 bridgehead atoms. The number of halogens is 1. The summed E-state index contributed by atoms with van der Waals surface area (Å²) in [6.45, 7) is 1.96. The molecule has 1 atom stereocenters. The highest BCUT2D eigenvalue weighted by Gasteiger charge is 2.50. The molecule has 1 N–H and O–H groups in total. The van der Waals surface area contributed by atoms with Crippen molar-refractivity contribution >= 4 is 40.4 Å². The van der Waals surface area contributed by atoms with Gasteiger partial charge in [0.2, 0.25) is 0 Å². The molecule has 152 valence electrons. The Bertz CT molecular complexity index is 1010. The third-order valence-corrected chi connectivity index (χ3v) is 7.07. The smallest absolute Gasteiger partial charge is 0.295 e. The molecule has 1 aromatic carbocycles. The van der Waals surface area contributed by atoms with Crippen LogP contribution in [0.2, 0.25) is 5.02 Å². The first-order valence-corrected chi connectivity index (χ1v) is 10.9. The number of likely N-dealkylation sites (tertiary alicyclic amines) is 1. The number of rotatable bonds is 4. The number of aliphatic hydroxyl groups excluding tert-OH is 1. The van der Waals surface area contributed by atoms with Crippen LogP contribution in [0.3, 0.4) is 0 Å². The number of Topliss-reactive ketones (excluding diaryl/α,β-unsaturated/α-hetero) is 1. The van der Waals surface area contributed by atoms with Crippen LogP contribution in [-0.4, -0.2) is 34.8 Å². The number of hydrogen-bond donors (Lipinski definition) is 1. The molecule has 5 nitrogen and oxygen atoms in total. The van der Waals surface area contributed by atoms with Crippen LogP contribution in [0.15, 0.2) is 35.2 Å². The van der Waals surface area contributed by atoms with Gasteiger partial charge >= 0.3 is 0 Å². The zero-order chi connectivity index (χ0) is 20.7. The molecule has 7 heteroatoms. The molecule has 2 heterocycles. The summed E-state index contributed by atoms with van der Waals surface area (Å²) in [5.74, 6) is -1.06. The lowest BCUT2D eigenvalue weighted by molar-refractivity contribution is -0.141. The molecule has 0 spiro atoms. The van der Waals surface area contributed by atoms with E-state index >= 15 is 0 Å². The van der Waals surface area contributed by atoms with Crippen molar-refractivity contribution in [2.45, 2.75) is 44.7 Å². The molecule has 1 amide bonds. The summed E-state index contributed by atoms with van der Waals surface area (Å²) in [7, 11) is 1.48. The number of methoxy groups -OCH3 is 1. The van der Waals surface area contributed by atoms with Crippen molar-refractivity contribution in [3.8, 4) is 5.75 Å². The Morgan fingerprint density at radius 1 is 1.24 bits per heavy atom. The molecule has 2 aliphatic rings. The number of ether oxygens (including phenoxy) is 1. The van der Waals surface area contributed by atoms with Gasteiger partial charge < -0.3 is 14.7 Å². The number of aliphatic hydroxyl groups is 1. The zero-order valence-corrected chi connectivity index (χ0v) is 17.8. The van der Waals surface area contributed by atoms with Gasteiger partial charge in [-0.1, -0.05) is 24.4 Å². The minimum Gasteiger partial charge on any atom is -0.507 e.